The third-order valence-corrected chi connectivity index (χ3v) is 3.32. The van der Waals surface area contributed by atoms with Crippen molar-refractivity contribution in [3.8, 4) is 17.3 Å². The SMILES string of the molecule is N#Cc1cccc(-c2cc(NC(=O)OCc3ccccc3)n[nH]2)c1. The fraction of sp³-hybridized carbons (Fsp3) is 0.0556. The van der Waals surface area contributed by atoms with Crippen LogP contribution in [0.1, 0.15) is 11.1 Å². The number of anilines is 1. The van der Waals surface area contributed by atoms with Gasteiger partial charge < -0.3 is 4.74 Å². The Hall–Kier alpha value is -3.59. The predicted molar refractivity (Wildman–Crippen MR) is 89.0 cm³/mol. The van der Waals surface area contributed by atoms with Gasteiger partial charge in [-0.2, -0.15) is 10.4 Å². The topological polar surface area (TPSA) is 90.8 Å². The van der Waals surface area contributed by atoms with Gasteiger partial charge in [-0.15, -0.1) is 0 Å². The van der Waals surface area contributed by atoms with Crippen molar-refractivity contribution in [3.63, 3.8) is 0 Å². The molecule has 0 radical (unpaired) electrons. The van der Waals surface area contributed by atoms with Gasteiger partial charge >= 0.3 is 6.09 Å². The molecule has 1 heterocycles. The zero-order valence-corrected chi connectivity index (χ0v) is 12.7. The van der Waals surface area contributed by atoms with Gasteiger partial charge in [-0.3, -0.25) is 10.4 Å². The number of amides is 1. The average molecular weight is 318 g/mol. The summed E-state index contributed by atoms with van der Waals surface area (Å²) in [6.07, 6.45) is -0.581. The number of nitrogens with one attached hydrogen (secondary N) is 2. The number of nitriles is 1. The van der Waals surface area contributed by atoms with Gasteiger partial charge in [-0.25, -0.2) is 4.79 Å². The molecular weight excluding hydrogens is 304 g/mol. The van der Waals surface area contributed by atoms with Crippen molar-refractivity contribution < 1.29 is 9.53 Å². The number of aromatic nitrogens is 2. The van der Waals surface area contributed by atoms with Crippen LogP contribution in [0.3, 0.4) is 0 Å². The maximum Gasteiger partial charge on any atom is 0.413 e. The van der Waals surface area contributed by atoms with Gasteiger partial charge in [0.15, 0.2) is 5.82 Å². The molecule has 2 N–H and O–H groups in total. The van der Waals surface area contributed by atoms with Crippen molar-refractivity contribution in [2.75, 3.05) is 5.32 Å². The lowest BCUT2D eigenvalue weighted by molar-refractivity contribution is 0.155. The number of aromatic amines is 1. The fourth-order valence-corrected chi connectivity index (χ4v) is 2.15. The number of ether oxygens (including phenoxy) is 1. The first-order valence-electron chi connectivity index (χ1n) is 7.28. The van der Waals surface area contributed by atoms with Gasteiger partial charge in [0.25, 0.3) is 0 Å². The Labute approximate surface area is 138 Å². The van der Waals surface area contributed by atoms with Crippen LogP contribution in [0.2, 0.25) is 0 Å². The van der Waals surface area contributed by atoms with Crippen LogP contribution < -0.4 is 5.32 Å². The second-order valence-corrected chi connectivity index (χ2v) is 5.05. The normalized spacial score (nSPS) is 9.96. The van der Waals surface area contributed by atoms with E-state index in [0.717, 1.165) is 11.1 Å². The minimum absolute atomic E-state index is 0.189. The van der Waals surface area contributed by atoms with Crippen molar-refractivity contribution >= 4 is 11.9 Å². The van der Waals surface area contributed by atoms with E-state index in [1.807, 2.05) is 36.4 Å². The second-order valence-electron chi connectivity index (χ2n) is 5.05. The molecule has 6 heteroatoms. The minimum atomic E-state index is -0.581. The molecule has 0 atom stereocenters. The summed E-state index contributed by atoms with van der Waals surface area (Å²) in [7, 11) is 0. The molecule has 24 heavy (non-hydrogen) atoms. The first kappa shape index (κ1) is 15.3. The van der Waals surface area contributed by atoms with E-state index in [1.165, 1.54) is 0 Å². The van der Waals surface area contributed by atoms with Gasteiger partial charge in [-0.05, 0) is 17.7 Å². The lowest BCUT2D eigenvalue weighted by Gasteiger charge is -2.04. The lowest BCUT2D eigenvalue weighted by atomic mass is 10.1. The van der Waals surface area contributed by atoms with E-state index in [1.54, 1.807) is 24.3 Å². The molecule has 0 fully saturated rings. The number of carbonyl (C=O) groups excluding carboxylic acids is 1. The fourth-order valence-electron chi connectivity index (χ4n) is 2.15. The summed E-state index contributed by atoms with van der Waals surface area (Å²) >= 11 is 0. The maximum absolute atomic E-state index is 11.8. The summed E-state index contributed by atoms with van der Waals surface area (Å²) in [6.45, 7) is 0.189. The van der Waals surface area contributed by atoms with Crippen LogP contribution in [0.15, 0.2) is 60.7 Å². The zero-order chi connectivity index (χ0) is 16.8. The highest BCUT2D eigenvalue weighted by atomic mass is 16.5. The van der Waals surface area contributed by atoms with Crippen molar-refractivity contribution in [2.45, 2.75) is 6.61 Å². The average Bonchev–Trinajstić information content (AvgIpc) is 3.09. The molecule has 0 aliphatic heterocycles. The van der Waals surface area contributed by atoms with Crippen LogP contribution in [0.25, 0.3) is 11.3 Å². The largest absolute Gasteiger partial charge is 0.444 e. The molecule has 1 amide bonds. The molecule has 3 aromatic rings. The van der Waals surface area contributed by atoms with Crippen molar-refractivity contribution in [2.24, 2.45) is 0 Å². The van der Waals surface area contributed by atoms with E-state index >= 15 is 0 Å². The molecule has 0 saturated carbocycles. The summed E-state index contributed by atoms with van der Waals surface area (Å²) in [6, 6.07) is 20.3. The molecule has 0 aliphatic carbocycles. The number of rotatable bonds is 4. The molecule has 0 spiro atoms. The van der Waals surface area contributed by atoms with Crippen LogP contribution in [0.5, 0.6) is 0 Å². The molecule has 0 bridgehead atoms. The van der Waals surface area contributed by atoms with E-state index < -0.39 is 6.09 Å². The number of benzene rings is 2. The lowest BCUT2D eigenvalue weighted by Crippen LogP contribution is -2.13. The highest BCUT2D eigenvalue weighted by molar-refractivity contribution is 5.84. The van der Waals surface area contributed by atoms with E-state index in [2.05, 4.69) is 21.6 Å². The monoisotopic (exact) mass is 318 g/mol. The number of nitrogens with zero attached hydrogens (tertiary/aromatic N) is 2. The Morgan fingerprint density at radius 3 is 2.79 bits per heavy atom. The van der Waals surface area contributed by atoms with E-state index in [9.17, 15) is 4.79 Å². The van der Waals surface area contributed by atoms with Crippen LogP contribution in [-0.2, 0) is 11.3 Å². The van der Waals surface area contributed by atoms with Crippen LogP contribution >= 0.6 is 0 Å². The summed E-state index contributed by atoms with van der Waals surface area (Å²) in [5.41, 5.74) is 2.97. The molecule has 3 rings (SSSR count). The van der Waals surface area contributed by atoms with Gasteiger partial charge in [-0.1, -0.05) is 42.5 Å². The first-order chi connectivity index (χ1) is 11.7. The van der Waals surface area contributed by atoms with Gasteiger partial charge in [0.05, 0.1) is 17.3 Å². The third kappa shape index (κ3) is 3.78. The predicted octanol–water partition coefficient (Wildman–Crippen LogP) is 3.70. The summed E-state index contributed by atoms with van der Waals surface area (Å²) in [5, 5.41) is 18.3. The van der Waals surface area contributed by atoms with Crippen LogP contribution in [0.4, 0.5) is 10.6 Å². The van der Waals surface area contributed by atoms with Crippen LogP contribution in [-0.4, -0.2) is 16.3 Å². The van der Waals surface area contributed by atoms with Gasteiger partial charge in [0.1, 0.15) is 6.61 Å². The molecule has 0 unspecified atom stereocenters. The van der Waals surface area contributed by atoms with Gasteiger partial charge in [0.2, 0.25) is 0 Å². The number of hydrogen-bond donors (Lipinski definition) is 2. The standard InChI is InChI=1S/C18H14N4O2/c19-11-14-7-4-8-15(9-14)16-10-17(22-21-16)20-18(23)24-12-13-5-2-1-3-6-13/h1-10H,12H2,(H2,20,21,22,23). The van der Waals surface area contributed by atoms with E-state index in [4.69, 9.17) is 10.00 Å². The van der Waals surface area contributed by atoms with Gasteiger partial charge in [0, 0.05) is 11.6 Å². The molecule has 118 valence electrons. The molecule has 2 aromatic carbocycles. The van der Waals surface area contributed by atoms with Crippen molar-refractivity contribution in [3.05, 3.63) is 71.8 Å². The third-order valence-electron chi connectivity index (χ3n) is 3.32. The molecular formula is C18H14N4O2. The number of H-pyrrole nitrogens is 1. The van der Waals surface area contributed by atoms with Crippen LogP contribution in [0, 0.1) is 11.3 Å². The highest BCUT2D eigenvalue weighted by Gasteiger charge is 2.09. The number of carbonyl (C=O) groups is 1. The summed E-state index contributed by atoms with van der Waals surface area (Å²) in [5.74, 6) is 0.352. The van der Waals surface area contributed by atoms with Crippen molar-refractivity contribution in [1.29, 1.82) is 5.26 Å². The molecule has 0 saturated heterocycles. The number of hydrogen-bond acceptors (Lipinski definition) is 4. The molecule has 0 aliphatic rings. The second kappa shape index (κ2) is 7.11. The summed E-state index contributed by atoms with van der Waals surface area (Å²) < 4.78 is 5.14. The van der Waals surface area contributed by atoms with E-state index in [0.29, 0.717) is 17.1 Å². The zero-order valence-electron chi connectivity index (χ0n) is 12.7. The Morgan fingerprint density at radius 1 is 1.17 bits per heavy atom. The maximum atomic E-state index is 11.8. The van der Waals surface area contributed by atoms with E-state index in [-0.39, 0.29) is 6.61 Å². The quantitative estimate of drug-likeness (QED) is 0.767. The van der Waals surface area contributed by atoms with Crippen molar-refractivity contribution in [1.82, 2.24) is 10.2 Å². The minimum Gasteiger partial charge on any atom is -0.444 e. The smallest absolute Gasteiger partial charge is 0.413 e. The summed E-state index contributed by atoms with van der Waals surface area (Å²) in [4.78, 5) is 11.8. The Bertz CT molecular complexity index is 881. The Morgan fingerprint density at radius 2 is 2.00 bits per heavy atom. The molecule has 6 nitrogen and oxygen atoms in total. The Balaban J connectivity index is 1.61. The molecule has 1 aromatic heterocycles. The Kier molecular flexibility index (Phi) is 4.54. The highest BCUT2D eigenvalue weighted by Crippen LogP contribution is 2.20. The first-order valence-corrected chi connectivity index (χ1v) is 7.28.